The van der Waals surface area contributed by atoms with Crippen LogP contribution in [0.1, 0.15) is 10.4 Å². The Hall–Kier alpha value is -2.80. The summed E-state index contributed by atoms with van der Waals surface area (Å²) in [6.07, 6.45) is 0. The zero-order chi connectivity index (χ0) is 15.6. The second kappa shape index (κ2) is 5.68. The van der Waals surface area contributed by atoms with Crippen molar-refractivity contribution in [3.63, 3.8) is 0 Å². The predicted octanol–water partition coefficient (Wildman–Crippen LogP) is 3.55. The van der Waals surface area contributed by atoms with Gasteiger partial charge < -0.3 is 0 Å². The van der Waals surface area contributed by atoms with Crippen molar-refractivity contribution in [2.45, 2.75) is 0 Å². The number of nitrogens with zero attached hydrogens (tertiary/aromatic N) is 2. The topological polar surface area (TPSA) is 103 Å². The Morgan fingerprint density at radius 1 is 0.952 bits per heavy atom. The van der Waals surface area contributed by atoms with Gasteiger partial charge in [-0.15, -0.1) is 0 Å². The lowest BCUT2D eigenvalue weighted by Gasteiger charge is -2.04. The molecule has 0 bridgehead atoms. The van der Waals surface area contributed by atoms with E-state index in [1.165, 1.54) is 36.4 Å². The molecule has 2 aromatic rings. The van der Waals surface area contributed by atoms with Crippen LogP contribution in [0.3, 0.4) is 0 Å². The molecule has 0 amide bonds. The van der Waals surface area contributed by atoms with Crippen molar-refractivity contribution in [3.05, 3.63) is 68.3 Å². The van der Waals surface area contributed by atoms with Crippen LogP contribution in [0.5, 0.6) is 0 Å². The molecule has 0 aliphatic carbocycles. The number of hydrogen-bond acceptors (Lipinski definition) is 5. The van der Waals surface area contributed by atoms with E-state index >= 15 is 0 Å². The molecule has 7 nitrogen and oxygen atoms in total. The van der Waals surface area contributed by atoms with Crippen molar-refractivity contribution >= 4 is 28.2 Å². The van der Waals surface area contributed by atoms with E-state index in [4.69, 9.17) is 11.6 Å². The van der Waals surface area contributed by atoms with E-state index in [0.717, 1.165) is 6.07 Å². The number of carbonyl (C=O) groups excluding carboxylic acids is 1. The van der Waals surface area contributed by atoms with Crippen LogP contribution >= 0.6 is 11.6 Å². The van der Waals surface area contributed by atoms with E-state index in [9.17, 15) is 25.0 Å². The SMILES string of the molecule is O=C(Cl)c1ccc(-c2ccc([N+](=O)[O-])cc2[N+](=O)[O-])cc1. The van der Waals surface area contributed by atoms with Crippen LogP contribution in [0.4, 0.5) is 11.4 Å². The summed E-state index contributed by atoms with van der Waals surface area (Å²) in [6.45, 7) is 0. The van der Waals surface area contributed by atoms with Crippen molar-refractivity contribution in [3.8, 4) is 11.1 Å². The largest absolute Gasteiger partial charge is 0.284 e. The van der Waals surface area contributed by atoms with E-state index < -0.39 is 15.1 Å². The normalized spacial score (nSPS) is 10.1. The van der Waals surface area contributed by atoms with Crippen LogP contribution in [-0.4, -0.2) is 15.1 Å². The highest BCUT2D eigenvalue weighted by molar-refractivity contribution is 6.67. The fraction of sp³-hybridized carbons (Fsp3) is 0. The van der Waals surface area contributed by atoms with Crippen molar-refractivity contribution in [1.82, 2.24) is 0 Å². The van der Waals surface area contributed by atoms with E-state index in [1.54, 1.807) is 0 Å². The minimum atomic E-state index is -0.702. The monoisotopic (exact) mass is 306 g/mol. The van der Waals surface area contributed by atoms with Gasteiger partial charge in [0.15, 0.2) is 0 Å². The summed E-state index contributed by atoms with van der Waals surface area (Å²) in [6, 6.07) is 9.21. The zero-order valence-corrected chi connectivity index (χ0v) is 11.1. The Morgan fingerprint density at radius 2 is 1.57 bits per heavy atom. The molecule has 2 aromatic carbocycles. The molecular formula is C13H7ClN2O5. The minimum absolute atomic E-state index is 0.221. The molecule has 2 rings (SSSR count). The Labute approximate surface area is 123 Å². The molecule has 8 heteroatoms. The number of non-ortho nitro benzene ring substituents is 1. The third-order valence-electron chi connectivity index (χ3n) is 2.81. The number of halogens is 1. The number of benzene rings is 2. The highest BCUT2D eigenvalue weighted by Gasteiger charge is 2.20. The molecule has 0 atom stereocenters. The van der Waals surface area contributed by atoms with Gasteiger partial charge in [-0.25, -0.2) is 0 Å². The van der Waals surface area contributed by atoms with Crippen LogP contribution in [-0.2, 0) is 0 Å². The van der Waals surface area contributed by atoms with Crippen molar-refractivity contribution in [1.29, 1.82) is 0 Å². The van der Waals surface area contributed by atoms with E-state index in [0.29, 0.717) is 5.56 Å². The third-order valence-corrected chi connectivity index (χ3v) is 3.03. The lowest BCUT2D eigenvalue weighted by Crippen LogP contribution is -1.95. The van der Waals surface area contributed by atoms with E-state index in [1.807, 2.05) is 0 Å². The summed E-state index contributed by atoms with van der Waals surface area (Å²) in [5, 5.41) is 21.1. The second-order valence-electron chi connectivity index (χ2n) is 4.07. The smallest absolute Gasteiger partial charge is 0.276 e. The Morgan fingerprint density at radius 3 is 2.05 bits per heavy atom. The molecule has 0 aliphatic heterocycles. The van der Waals surface area contributed by atoms with Gasteiger partial charge >= 0.3 is 0 Å². The zero-order valence-electron chi connectivity index (χ0n) is 10.4. The lowest BCUT2D eigenvalue weighted by molar-refractivity contribution is -0.393. The molecule has 0 heterocycles. The first-order valence-corrected chi connectivity index (χ1v) is 6.01. The summed E-state index contributed by atoms with van der Waals surface area (Å²) in [5.74, 6) is 0. The summed E-state index contributed by atoms with van der Waals surface area (Å²) in [7, 11) is 0. The summed E-state index contributed by atoms with van der Waals surface area (Å²) >= 11 is 5.32. The van der Waals surface area contributed by atoms with Gasteiger partial charge in [0.1, 0.15) is 0 Å². The molecule has 0 radical (unpaired) electrons. The Kier molecular flexibility index (Phi) is 3.95. The van der Waals surface area contributed by atoms with Crippen LogP contribution < -0.4 is 0 Å². The van der Waals surface area contributed by atoms with Gasteiger partial charge in [-0.1, -0.05) is 12.1 Å². The highest BCUT2D eigenvalue weighted by Crippen LogP contribution is 2.33. The van der Waals surface area contributed by atoms with Gasteiger partial charge in [-0.05, 0) is 35.4 Å². The Balaban J connectivity index is 2.54. The first-order chi connectivity index (χ1) is 9.90. The molecule has 0 saturated carbocycles. The van der Waals surface area contributed by atoms with Crippen LogP contribution in [0, 0.1) is 20.2 Å². The van der Waals surface area contributed by atoms with Crippen molar-refractivity contribution < 1.29 is 14.6 Å². The average molecular weight is 307 g/mol. The molecular weight excluding hydrogens is 300 g/mol. The quantitative estimate of drug-likeness (QED) is 0.488. The van der Waals surface area contributed by atoms with Crippen LogP contribution in [0.25, 0.3) is 11.1 Å². The highest BCUT2D eigenvalue weighted by atomic mass is 35.5. The van der Waals surface area contributed by atoms with Gasteiger partial charge in [0.25, 0.3) is 16.6 Å². The van der Waals surface area contributed by atoms with Gasteiger partial charge in [-0.2, -0.15) is 0 Å². The van der Waals surface area contributed by atoms with Gasteiger partial charge in [-0.3, -0.25) is 25.0 Å². The minimum Gasteiger partial charge on any atom is -0.276 e. The first kappa shape index (κ1) is 14.6. The summed E-state index contributed by atoms with van der Waals surface area (Å²) in [5.41, 5.74) is 0.189. The third kappa shape index (κ3) is 3.03. The maximum Gasteiger partial charge on any atom is 0.284 e. The molecule has 0 fully saturated rings. The molecule has 0 aromatic heterocycles. The van der Waals surface area contributed by atoms with Crippen molar-refractivity contribution in [2.24, 2.45) is 0 Å². The maximum atomic E-state index is 11.1. The van der Waals surface area contributed by atoms with E-state index in [2.05, 4.69) is 0 Å². The van der Waals surface area contributed by atoms with Gasteiger partial charge in [0.2, 0.25) is 0 Å². The summed E-state index contributed by atoms with van der Waals surface area (Å²) < 4.78 is 0. The number of carbonyl (C=O) groups is 1. The van der Waals surface area contributed by atoms with Gasteiger partial charge in [0.05, 0.1) is 21.5 Å². The fourth-order valence-electron chi connectivity index (χ4n) is 1.81. The fourth-order valence-corrected chi connectivity index (χ4v) is 1.94. The number of hydrogen-bond donors (Lipinski definition) is 0. The second-order valence-corrected chi connectivity index (χ2v) is 4.41. The van der Waals surface area contributed by atoms with Crippen LogP contribution in [0.15, 0.2) is 42.5 Å². The average Bonchev–Trinajstić information content (AvgIpc) is 2.46. The lowest BCUT2D eigenvalue weighted by atomic mass is 10.0. The maximum absolute atomic E-state index is 11.1. The number of nitro groups is 2. The standard InChI is InChI=1S/C13H7ClN2O5/c14-13(17)9-3-1-8(2-4-9)11-6-5-10(15(18)19)7-12(11)16(20)21/h1-7H. The van der Waals surface area contributed by atoms with Crippen molar-refractivity contribution in [2.75, 3.05) is 0 Å². The van der Waals surface area contributed by atoms with Crippen LogP contribution in [0.2, 0.25) is 0 Å². The predicted molar refractivity (Wildman–Crippen MR) is 75.4 cm³/mol. The summed E-state index contributed by atoms with van der Waals surface area (Å²) in [4.78, 5) is 31.3. The molecule has 0 unspecified atom stereocenters. The molecule has 0 N–H and O–H groups in total. The molecule has 21 heavy (non-hydrogen) atoms. The molecule has 106 valence electrons. The molecule has 0 spiro atoms. The molecule has 0 saturated heterocycles. The first-order valence-electron chi connectivity index (χ1n) is 5.63. The van der Waals surface area contributed by atoms with E-state index in [-0.39, 0.29) is 22.5 Å². The molecule has 0 aliphatic rings. The van der Waals surface area contributed by atoms with Gasteiger partial charge in [0, 0.05) is 11.6 Å². The number of nitro benzene ring substituents is 2. The number of rotatable bonds is 4. The Bertz CT molecular complexity index is 743.